The Morgan fingerprint density at radius 1 is 0.622 bits per heavy atom. The fourth-order valence-corrected chi connectivity index (χ4v) is 4.34. The first-order valence-corrected chi connectivity index (χ1v) is 14.1. The van der Waals surface area contributed by atoms with E-state index in [2.05, 4.69) is 29.7 Å². The Morgan fingerprint density at radius 2 is 1.14 bits per heavy atom. The summed E-state index contributed by atoms with van der Waals surface area (Å²) in [5.41, 5.74) is 3.09. The summed E-state index contributed by atoms with van der Waals surface area (Å²) >= 11 is 0. The molecule has 0 fully saturated rings. The first kappa shape index (κ1) is 28.5. The molecule has 198 valence electrons. The first-order valence-electron chi connectivity index (χ1n) is 14.1. The van der Waals surface area contributed by atoms with Crippen molar-refractivity contribution in [2.45, 2.75) is 84.2 Å². The molecule has 0 atom stereocenters. The molecule has 0 aliphatic rings. The third-order valence-electron chi connectivity index (χ3n) is 6.59. The van der Waals surface area contributed by atoms with E-state index in [-0.39, 0.29) is 5.91 Å². The minimum absolute atomic E-state index is 0.0215. The summed E-state index contributed by atoms with van der Waals surface area (Å²) in [6, 6.07) is 25.8. The molecule has 0 aromatic heterocycles. The van der Waals surface area contributed by atoms with Gasteiger partial charge in [-0.05, 0) is 53.9 Å². The summed E-state index contributed by atoms with van der Waals surface area (Å²) in [5, 5.41) is 6.53. The van der Waals surface area contributed by atoms with E-state index in [0.717, 1.165) is 48.7 Å². The number of ether oxygens (including phenoxy) is 1. The molecular weight excluding hydrogens is 456 g/mol. The molecule has 1 amide bonds. The molecule has 4 heteroatoms. The van der Waals surface area contributed by atoms with Crippen LogP contribution in [-0.2, 0) is 13.1 Å². The van der Waals surface area contributed by atoms with Crippen molar-refractivity contribution in [2.24, 2.45) is 0 Å². The second-order valence-electron chi connectivity index (χ2n) is 9.80. The first-order chi connectivity index (χ1) is 18.2. The molecule has 0 heterocycles. The van der Waals surface area contributed by atoms with E-state index in [1.165, 1.54) is 63.4 Å². The van der Waals surface area contributed by atoms with E-state index in [4.69, 9.17) is 4.74 Å². The fraction of sp³-hybridized carbons (Fsp3) is 0.424. The number of benzene rings is 3. The van der Waals surface area contributed by atoms with Gasteiger partial charge < -0.3 is 15.4 Å². The molecule has 3 aromatic rings. The van der Waals surface area contributed by atoms with E-state index in [0.29, 0.717) is 0 Å². The summed E-state index contributed by atoms with van der Waals surface area (Å²) in [6.07, 6.45) is 13.0. The lowest BCUT2D eigenvalue weighted by Crippen LogP contribution is -2.24. The second kappa shape index (κ2) is 17.4. The minimum atomic E-state index is 0.0215. The third-order valence-corrected chi connectivity index (χ3v) is 6.59. The van der Waals surface area contributed by atoms with Crippen LogP contribution in [0.5, 0.6) is 11.5 Å². The van der Waals surface area contributed by atoms with Crippen molar-refractivity contribution in [2.75, 3.05) is 6.54 Å². The summed E-state index contributed by atoms with van der Waals surface area (Å²) in [7, 11) is 0. The zero-order valence-corrected chi connectivity index (χ0v) is 22.5. The van der Waals surface area contributed by atoms with Gasteiger partial charge in [-0.2, -0.15) is 0 Å². The normalized spacial score (nSPS) is 10.8. The highest BCUT2D eigenvalue weighted by Gasteiger charge is 2.05. The van der Waals surface area contributed by atoms with Gasteiger partial charge in [0, 0.05) is 25.2 Å². The van der Waals surface area contributed by atoms with Crippen molar-refractivity contribution < 1.29 is 9.53 Å². The molecule has 0 aliphatic heterocycles. The van der Waals surface area contributed by atoms with E-state index in [9.17, 15) is 4.79 Å². The number of amides is 1. The number of hydrogen-bond acceptors (Lipinski definition) is 3. The average Bonchev–Trinajstić information content (AvgIpc) is 2.93. The van der Waals surface area contributed by atoms with Crippen LogP contribution in [0.3, 0.4) is 0 Å². The van der Waals surface area contributed by atoms with Crippen molar-refractivity contribution >= 4 is 5.91 Å². The van der Waals surface area contributed by atoms with Crippen molar-refractivity contribution in [3.05, 3.63) is 95.6 Å². The maximum atomic E-state index is 12.4. The molecule has 0 radical (unpaired) electrons. The van der Waals surface area contributed by atoms with Gasteiger partial charge in [0.2, 0.25) is 0 Å². The van der Waals surface area contributed by atoms with Crippen LogP contribution in [0.15, 0.2) is 78.9 Å². The van der Waals surface area contributed by atoms with Crippen molar-refractivity contribution in [3.8, 4) is 11.5 Å². The Bertz CT molecular complexity index is 1000. The SMILES string of the molecule is CCCCCCCCCCCCNC(=O)c1ccc(CNCc2ccc(Oc3ccccc3)cc2)cc1. The van der Waals surface area contributed by atoms with Gasteiger partial charge in [-0.1, -0.05) is 107 Å². The van der Waals surface area contributed by atoms with Gasteiger partial charge in [0.25, 0.3) is 5.91 Å². The minimum Gasteiger partial charge on any atom is -0.457 e. The molecule has 0 saturated carbocycles. The molecule has 4 nitrogen and oxygen atoms in total. The molecule has 3 aromatic carbocycles. The number of carbonyl (C=O) groups excluding carboxylic acids is 1. The van der Waals surface area contributed by atoms with Crippen LogP contribution in [-0.4, -0.2) is 12.5 Å². The van der Waals surface area contributed by atoms with Gasteiger partial charge in [-0.3, -0.25) is 4.79 Å². The Kier molecular flexibility index (Phi) is 13.4. The van der Waals surface area contributed by atoms with Crippen LogP contribution in [0.2, 0.25) is 0 Å². The lowest BCUT2D eigenvalue weighted by molar-refractivity contribution is 0.0953. The number of carbonyl (C=O) groups is 1. The number of para-hydroxylation sites is 1. The number of unbranched alkanes of at least 4 members (excludes halogenated alkanes) is 9. The average molecular weight is 501 g/mol. The lowest BCUT2D eigenvalue weighted by atomic mass is 10.1. The lowest BCUT2D eigenvalue weighted by Gasteiger charge is -2.09. The molecular formula is C33H44N2O2. The molecule has 0 saturated heterocycles. The maximum Gasteiger partial charge on any atom is 0.251 e. The van der Waals surface area contributed by atoms with Crippen molar-refractivity contribution in [1.29, 1.82) is 0 Å². The van der Waals surface area contributed by atoms with E-state index in [1.54, 1.807) is 0 Å². The zero-order chi connectivity index (χ0) is 26.0. The van der Waals surface area contributed by atoms with Gasteiger partial charge in [-0.25, -0.2) is 0 Å². The van der Waals surface area contributed by atoms with Crippen LogP contribution in [0.25, 0.3) is 0 Å². The maximum absolute atomic E-state index is 12.4. The second-order valence-corrected chi connectivity index (χ2v) is 9.80. The molecule has 0 spiro atoms. The summed E-state index contributed by atoms with van der Waals surface area (Å²) < 4.78 is 5.85. The largest absolute Gasteiger partial charge is 0.457 e. The van der Waals surface area contributed by atoms with Crippen LogP contribution < -0.4 is 15.4 Å². The topological polar surface area (TPSA) is 50.4 Å². The van der Waals surface area contributed by atoms with Gasteiger partial charge >= 0.3 is 0 Å². The molecule has 0 bridgehead atoms. The quantitative estimate of drug-likeness (QED) is 0.172. The van der Waals surface area contributed by atoms with E-state index in [1.807, 2.05) is 66.7 Å². The van der Waals surface area contributed by atoms with Crippen molar-refractivity contribution in [1.82, 2.24) is 10.6 Å². The van der Waals surface area contributed by atoms with E-state index >= 15 is 0 Å². The number of hydrogen-bond donors (Lipinski definition) is 2. The summed E-state index contributed by atoms with van der Waals surface area (Å²) in [5.74, 6) is 1.69. The molecule has 3 rings (SSSR count). The Balaban J connectivity index is 1.25. The van der Waals surface area contributed by atoms with Crippen LogP contribution in [0.1, 0.15) is 92.6 Å². The van der Waals surface area contributed by atoms with Gasteiger partial charge in [-0.15, -0.1) is 0 Å². The zero-order valence-electron chi connectivity index (χ0n) is 22.5. The van der Waals surface area contributed by atoms with Gasteiger partial charge in [0.1, 0.15) is 11.5 Å². The summed E-state index contributed by atoms with van der Waals surface area (Å²) in [6.45, 7) is 4.54. The third kappa shape index (κ3) is 11.7. The van der Waals surface area contributed by atoms with Crippen LogP contribution in [0, 0.1) is 0 Å². The Labute approximate surface area is 223 Å². The number of nitrogens with one attached hydrogen (secondary N) is 2. The van der Waals surface area contributed by atoms with Crippen LogP contribution in [0.4, 0.5) is 0 Å². The highest BCUT2D eigenvalue weighted by Crippen LogP contribution is 2.21. The Hall–Kier alpha value is -3.11. The monoisotopic (exact) mass is 500 g/mol. The van der Waals surface area contributed by atoms with Crippen molar-refractivity contribution in [3.63, 3.8) is 0 Å². The molecule has 0 unspecified atom stereocenters. The highest BCUT2D eigenvalue weighted by atomic mass is 16.5. The van der Waals surface area contributed by atoms with E-state index < -0.39 is 0 Å². The van der Waals surface area contributed by atoms with Gasteiger partial charge in [0.05, 0.1) is 0 Å². The number of rotatable bonds is 18. The predicted octanol–water partition coefficient (Wildman–Crippen LogP) is 8.42. The van der Waals surface area contributed by atoms with Gasteiger partial charge in [0.15, 0.2) is 0 Å². The fourth-order valence-electron chi connectivity index (χ4n) is 4.34. The molecule has 0 aliphatic carbocycles. The standard InChI is InChI=1S/C33H44N2O2/c1-2-3-4-5-6-7-8-9-10-14-25-35-33(36)30-21-17-28(18-22-30)26-34-27-29-19-23-32(24-20-29)37-31-15-12-11-13-16-31/h11-13,15-24,34H,2-10,14,25-27H2,1H3,(H,35,36). The smallest absolute Gasteiger partial charge is 0.251 e. The summed E-state index contributed by atoms with van der Waals surface area (Å²) in [4.78, 5) is 12.4. The predicted molar refractivity (Wildman–Crippen MR) is 154 cm³/mol. The highest BCUT2D eigenvalue weighted by molar-refractivity contribution is 5.94. The molecule has 37 heavy (non-hydrogen) atoms. The Morgan fingerprint density at radius 3 is 1.73 bits per heavy atom. The van der Waals surface area contributed by atoms with Crippen LogP contribution >= 0.6 is 0 Å². The molecule has 2 N–H and O–H groups in total.